The third-order valence-electron chi connectivity index (χ3n) is 3.40. The van der Waals surface area contributed by atoms with Crippen molar-refractivity contribution in [1.29, 1.82) is 0 Å². The van der Waals surface area contributed by atoms with Crippen molar-refractivity contribution in [3.05, 3.63) is 23.8 Å². The van der Waals surface area contributed by atoms with Gasteiger partial charge in [-0.25, -0.2) is 9.67 Å². The van der Waals surface area contributed by atoms with Crippen LogP contribution in [0.15, 0.2) is 16.9 Å². The summed E-state index contributed by atoms with van der Waals surface area (Å²) in [6, 6.07) is 1.84. The molecule has 0 saturated carbocycles. The molecule has 1 fully saturated rings. The molecule has 1 aliphatic rings. The quantitative estimate of drug-likeness (QED) is 0.876. The molecule has 20 heavy (non-hydrogen) atoms. The van der Waals surface area contributed by atoms with Crippen molar-refractivity contribution in [3.8, 4) is 0 Å². The smallest absolute Gasteiger partial charge is 0.244 e. The zero-order valence-electron chi connectivity index (χ0n) is 11.2. The lowest BCUT2D eigenvalue weighted by atomic mass is 10.1. The third-order valence-corrected chi connectivity index (χ3v) is 3.40. The third kappa shape index (κ3) is 2.36. The van der Waals surface area contributed by atoms with Crippen LogP contribution in [0.25, 0.3) is 0 Å². The first kappa shape index (κ1) is 12.6. The number of carbonyl (C=O) groups excluding carboxylic acids is 1. The Labute approximate surface area is 115 Å². The lowest BCUT2D eigenvalue weighted by Crippen LogP contribution is -2.33. The summed E-state index contributed by atoms with van der Waals surface area (Å²) < 4.78 is 6.73. The maximum Gasteiger partial charge on any atom is 0.244 e. The lowest BCUT2D eigenvalue weighted by molar-refractivity contribution is -0.133. The van der Waals surface area contributed by atoms with Gasteiger partial charge in [0.05, 0.1) is 11.7 Å². The van der Waals surface area contributed by atoms with E-state index in [1.807, 2.05) is 13.0 Å². The van der Waals surface area contributed by atoms with E-state index in [1.54, 1.807) is 4.90 Å². The standard InChI is InChI=1S/C12H16N6O2/c1-8-5-10(20-16-8)9-3-2-4-18(9)11(19)6-17-7-14-12(13)15-17/h5,7,9H,2-4,6H2,1H3,(H2,13,15). The molecule has 0 bridgehead atoms. The van der Waals surface area contributed by atoms with Gasteiger partial charge in [-0.1, -0.05) is 5.16 Å². The number of carbonyl (C=O) groups is 1. The molecule has 3 rings (SSSR count). The molecular weight excluding hydrogens is 260 g/mol. The van der Waals surface area contributed by atoms with Gasteiger partial charge in [-0.05, 0) is 19.8 Å². The summed E-state index contributed by atoms with van der Waals surface area (Å²) in [5, 5.41) is 7.81. The molecule has 0 radical (unpaired) electrons. The van der Waals surface area contributed by atoms with Gasteiger partial charge in [-0.2, -0.15) is 0 Å². The number of nitrogen functional groups attached to an aromatic ring is 1. The Balaban J connectivity index is 1.73. The van der Waals surface area contributed by atoms with E-state index < -0.39 is 0 Å². The van der Waals surface area contributed by atoms with Crippen LogP contribution >= 0.6 is 0 Å². The van der Waals surface area contributed by atoms with E-state index in [9.17, 15) is 4.79 Å². The fourth-order valence-electron chi connectivity index (χ4n) is 2.52. The number of aromatic nitrogens is 4. The second-order valence-corrected chi connectivity index (χ2v) is 4.92. The maximum atomic E-state index is 12.3. The van der Waals surface area contributed by atoms with Crippen LogP contribution in [0.2, 0.25) is 0 Å². The first-order valence-electron chi connectivity index (χ1n) is 6.51. The van der Waals surface area contributed by atoms with Gasteiger partial charge in [0.2, 0.25) is 11.9 Å². The minimum absolute atomic E-state index is 0.0218. The summed E-state index contributed by atoms with van der Waals surface area (Å²) in [4.78, 5) is 18.0. The van der Waals surface area contributed by atoms with Crippen LogP contribution in [0.5, 0.6) is 0 Å². The molecule has 8 heteroatoms. The lowest BCUT2D eigenvalue weighted by Gasteiger charge is -2.22. The molecule has 1 unspecified atom stereocenters. The fourth-order valence-corrected chi connectivity index (χ4v) is 2.52. The van der Waals surface area contributed by atoms with Crippen molar-refractivity contribution >= 4 is 11.9 Å². The first-order chi connectivity index (χ1) is 9.63. The van der Waals surface area contributed by atoms with Crippen LogP contribution < -0.4 is 5.73 Å². The molecule has 0 spiro atoms. The molecule has 3 heterocycles. The number of likely N-dealkylation sites (tertiary alicyclic amines) is 1. The summed E-state index contributed by atoms with van der Waals surface area (Å²) in [7, 11) is 0. The van der Waals surface area contributed by atoms with Crippen LogP contribution in [0, 0.1) is 6.92 Å². The van der Waals surface area contributed by atoms with Gasteiger partial charge in [0.25, 0.3) is 0 Å². The van der Waals surface area contributed by atoms with E-state index in [4.69, 9.17) is 10.3 Å². The summed E-state index contributed by atoms with van der Waals surface area (Å²) in [6.45, 7) is 2.72. The van der Waals surface area contributed by atoms with Gasteiger partial charge in [0, 0.05) is 12.6 Å². The number of aryl methyl sites for hydroxylation is 1. The molecular formula is C12H16N6O2. The van der Waals surface area contributed by atoms with Crippen molar-refractivity contribution in [1.82, 2.24) is 24.8 Å². The normalized spacial score (nSPS) is 18.6. The second-order valence-electron chi connectivity index (χ2n) is 4.92. The molecule has 2 aromatic rings. The molecule has 1 atom stereocenters. The van der Waals surface area contributed by atoms with Gasteiger partial charge in [0.1, 0.15) is 12.9 Å². The summed E-state index contributed by atoms with van der Waals surface area (Å²) in [5.41, 5.74) is 6.26. The molecule has 1 saturated heterocycles. The number of anilines is 1. The topological polar surface area (TPSA) is 103 Å². The van der Waals surface area contributed by atoms with E-state index in [2.05, 4.69) is 15.2 Å². The molecule has 106 valence electrons. The number of nitrogens with two attached hydrogens (primary N) is 1. The summed E-state index contributed by atoms with van der Waals surface area (Å²) in [5.74, 6) is 0.888. The Morgan fingerprint density at radius 1 is 1.60 bits per heavy atom. The Morgan fingerprint density at radius 2 is 2.45 bits per heavy atom. The molecule has 0 aromatic carbocycles. The zero-order valence-corrected chi connectivity index (χ0v) is 11.2. The number of nitrogens with zero attached hydrogens (tertiary/aromatic N) is 5. The molecule has 1 amide bonds. The van der Waals surface area contributed by atoms with Gasteiger partial charge in [-0.3, -0.25) is 4.79 Å². The average molecular weight is 276 g/mol. The van der Waals surface area contributed by atoms with Crippen molar-refractivity contribution < 1.29 is 9.32 Å². The van der Waals surface area contributed by atoms with Gasteiger partial charge >= 0.3 is 0 Å². The summed E-state index contributed by atoms with van der Waals surface area (Å²) >= 11 is 0. The minimum Gasteiger partial charge on any atom is -0.367 e. The van der Waals surface area contributed by atoms with E-state index in [1.165, 1.54) is 11.0 Å². The zero-order chi connectivity index (χ0) is 14.1. The fraction of sp³-hybridized carbons (Fsp3) is 0.500. The Bertz CT molecular complexity index is 619. The largest absolute Gasteiger partial charge is 0.367 e. The number of amides is 1. The van der Waals surface area contributed by atoms with Gasteiger partial charge in [0.15, 0.2) is 5.76 Å². The molecule has 2 N–H and O–H groups in total. The Hall–Kier alpha value is -2.38. The monoisotopic (exact) mass is 276 g/mol. The van der Waals surface area contributed by atoms with Crippen LogP contribution in [-0.4, -0.2) is 37.3 Å². The Morgan fingerprint density at radius 3 is 3.10 bits per heavy atom. The van der Waals surface area contributed by atoms with Crippen molar-refractivity contribution in [2.24, 2.45) is 0 Å². The molecule has 8 nitrogen and oxygen atoms in total. The molecule has 1 aliphatic heterocycles. The van der Waals surface area contributed by atoms with E-state index in [-0.39, 0.29) is 24.4 Å². The van der Waals surface area contributed by atoms with Gasteiger partial charge < -0.3 is 15.2 Å². The average Bonchev–Trinajstić information content (AvgIpc) is 3.09. The number of hydrogen-bond donors (Lipinski definition) is 1. The van der Waals surface area contributed by atoms with E-state index in [0.29, 0.717) is 6.54 Å². The van der Waals surface area contributed by atoms with Crippen LogP contribution in [0.4, 0.5) is 5.95 Å². The Kier molecular flexibility index (Phi) is 3.13. The van der Waals surface area contributed by atoms with Crippen LogP contribution in [0.1, 0.15) is 30.3 Å². The SMILES string of the molecule is Cc1cc(C2CCCN2C(=O)Cn2cnc(N)n2)on1. The predicted octanol–water partition coefficient (Wildman–Crippen LogP) is 0.520. The van der Waals surface area contributed by atoms with Crippen LogP contribution in [-0.2, 0) is 11.3 Å². The number of rotatable bonds is 3. The highest BCUT2D eigenvalue weighted by Gasteiger charge is 2.32. The highest BCUT2D eigenvalue weighted by atomic mass is 16.5. The van der Waals surface area contributed by atoms with Crippen molar-refractivity contribution in [2.45, 2.75) is 32.4 Å². The molecule has 2 aromatic heterocycles. The predicted molar refractivity (Wildman–Crippen MR) is 69.4 cm³/mol. The van der Waals surface area contributed by atoms with Gasteiger partial charge in [-0.15, -0.1) is 5.10 Å². The summed E-state index contributed by atoms with van der Waals surface area (Å²) in [6.07, 6.45) is 3.30. The van der Waals surface area contributed by atoms with E-state index >= 15 is 0 Å². The number of hydrogen-bond acceptors (Lipinski definition) is 6. The second kappa shape index (κ2) is 4.95. The minimum atomic E-state index is -0.0374. The highest BCUT2D eigenvalue weighted by Crippen LogP contribution is 2.32. The molecule has 0 aliphatic carbocycles. The van der Waals surface area contributed by atoms with Crippen LogP contribution in [0.3, 0.4) is 0 Å². The highest BCUT2D eigenvalue weighted by molar-refractivity contribution is 5.76. The maximum absolute atomic E-state index is 12.3. The van der Waals surface area contributed by atoms with Crippen molar-refractivity contribution in [3.63, 3.8) is 0 Å². The first-order valence-corrected chi connectivity index (χ1v) is 6.51. The van der Waals surface area contributed by atoms with Crippen molar-refractivity contribution in [2.75, 3.05) is 12.3 Å². The van der Waals surface area contributed by atoms with E-state index in [0.717, 1.165) is 24.3 Å².